The number of ether oxygens (including phenoxy) is 2. The van der Waals surface area contributed by atoms with E-state index in [-0.39, 0.29) is 12.1 Å². The minimum absolute atomic E-state index is 0.157. The molecule has 0 aromatic heterocycles. The summed E-state index contributed by atoms with van der Waals surface area (Å²) in [4.78, 5) is 0. The molecule has 0 fully saturated rings. The summed E-state index contributed by atoms with van der Waals surface area (Å²) in [7, 11) is 3.24. The zero-order chi connectivity index (χ0) is 12.8. The van der Waals surface area contributed by atoms with Crippen LogP contribution >= 0.6 is 0 Å². The first-order valence-corrected chi connectivity index (χ1v) is 5.71. The zero-order valence-corrected chi connectivity index (χ0v) is 10.9. The normalized spacial score (nSPS) is 14.2. The lowest BCUT2D eigenvalue weighted by atomic mass is 10.1. The Kier molecular flexibility index (Phi) is 5.25. The molecular weight excluding hydrogens is 218 g/mol. The monoisotopic (exact) mass is 239 g/mol. The molecule has 1 rings (SSSR count). The van der Waals surface area contributed by atoms with E-state index in [9.17, 15) is 5.11 Å². The van der Waals surface area contributed by atoms with Gasteiger partial charge in [-0.3, -0.25) is 0 Å². The standard InChI is InChI=1S/C13H21NO3/c1-9(15)8-14-10(2)11-5-6-12(16-3)13(7-11)17-4/h5-7,9-10,14-15H,8H2,1-4H3/t9-,10?/m0/s1. The van der Waals surface area contributed by atoms with Crippen molar-refractivity contribution in [1.82, 2.24) is 5.32 Å². The molecule has 0 saturated carbocycles. The van der Waals surface area contributed by atoms with Crippen LogP contribution in [0.15, 0.2) is 18.2 Å². The molecule has 2 atom stereocenters. The predicted molar refractivity (Wildman–Crippen MR) is 67.6 cm³/mol. The second-order valence-corrected chi connectivity index (χ2v) is 4.09. The summed E-state index contributed by atoms with van der Waals surface area (Å²) in [5.41, 5.74) is 1.10. The number of methoxy groups -OCH3 is 2. The number of aliphatic hydroxyl groups excluding tert-OH is 1. The highest BCUT2D eigenvalue weighted by molar-refractivity contribution is 5.43. The molecule has 0 spiro atoms. The smallest absolute Gasteiger partial charge is 0.161 e. The van der Waals surface area contributed by atoms with Gasteiger partial charge in [0.2, 0.25) is 0 Å². The summed E-state index contributed by atoms with van der Waals surface area (Å²) >= 11 is 0. The van der Waals surface area contributed by atoms with Gasteiger partial charge in [0.25, 0.3) is 0 Å². The fraction of sp³-hybridized carbons (Fsp3) is 0.538. The van der Waals surface area contributed by atoms with Crippen LogP contribution in [-0.4, -0.2) is 32.0 Å². The molecule has 0 aliphatic rings. The Balaban J connectivity index is 2.77. The summed E-state index contributed by atoms with van der Waals surface area (Å²) in [6, 6.07) is 5.97. The Bertz CT molecular complexity index is 353. The molecule has 0 saturated heterocycles. The van der Waals surface area contributed by atoms with Gasteiger partial charge >= 0.3 is 0 Å². The minimum Gasteiger partial charge on any atom is -0.493 e. The Morgan fingerprint density at radius 3 is 2.35 bits per heavy atom. The fourth-order valence-corrected chi connectivity index (χ4v) is 1.59. The fourth-order valence-electron chi connectivity index (χ4n) is 1.59. The molecule has 1 aromatic rings. The maximum atomic E-state index is 9.22. The van der Waals surface area contributed by atoms with E-state index in [4.69, 9.17) is 9.47 Å². The molecule has 4 nitrogen and oxygen atoms in total. The van der Waals surface area contributed by atoms with Gasteiger partial charge in [-0.15, -0.1) is 0 Å². The molecule has 2 N–H and O–H groups in total. The van der Waals surface area contributed by atoms with Crippen LogP contribution in [0.5, 0.6) is 11.5 Å². The Hall–Kier alpha value is -1.26. The van der Waals surface area contributed by atoms with Crippen LogP contribution in [-0.2, 0) is 0 Å². The Morgan fingerprint density at radius 2 is 1.82 bits per heavy atom. The Labute approximate surface area is 103 Å². The van der Waals surface area contributed by atoms with Gasteiger partial charge in [-0.05, 0) is 31.5 Å². The topological polar surface area (TPSA) is 50.7 Å². The maximum Gasteiger partial charge on any atom is 0.161 e. The Morgan fingerprint density at radius 1 is 1.18 bits per heavy atom. The summed E-state index contributed by atoms with van der Waals surface area (Å²) in [5.74, 6) is 1.44. The lowest BCUT2D eigenvalue weighted by Gasteiger charge is -2.17. The third kappa shape index (κ3) is 3.91. The highest BCUT2D eigenvalue weighted by Gasteiger charge is 2.10. The van der Waals surface area contributed by atoms with E-state index in [1.165, 1.54) is 0 Å². The van der Waals surface area contributed by atoms with E-state index in [1.807, 2.05) is 25.1 Å². The molecule has 0 radical (unpaired) electrons. The van der Waals surface area contributed by atoms with Gasteiger partial charge < -0.3 is 19.9 Å². The van der Waals surface area contributed by atoms with Crippen LogP contribution < -0.4 is 14.8 Å². The van der Waals surface area contributed by atoms with Crippen LogP contribution in [0.2, 0.25) is 0 Å². The number of aliphatic hydroxyl groups is 1. The third-order valence-electron chi connectivity index (χ3n) is 2.63. The van der Waals surface area contributed by atoms with E-state index in [0.717, 1.165) is 17.1 Å². The highest BCUT2D eigenvalue weighted by Crippen LogP contribution is 2.29. The number of rotatable bonds is 6. The lowest BCUT2D eigenvalue weighted by molar-refractivity contribution is 0.187. The first-order valence-electron chi connectivity index (χ1n) is 5.71. The van der Waals surface area contributed by atoms with Crippen LogP contribution in [0, 0.1) is 0 Å². The van der Waals surface area contributed by atoms with E-state index in [0.29, 0.717) is 6.54 Å². The molecule has 0 bridgehead atoms. The van der Waals surface area contributed by atoms with Gasteiger partial charge in [0, 0.05) is 12.6 Å². The largest absolute Gasteiger partial charge is 0.493 e. The summed E-state index contributed by atoms with van der Waals surface area (Å²) < 4.78 is 10.4. The molecule has 1 unspecified atom stereocenters. The maximum absolute atomic E-state index is 9.22. The van der Waals surface area contributed by atoms with Gasteiger partial charge in [0.1, 0.15) is 0 Å². The van der Waals surface area contributed by atoms with Crippen molar-refractivity contribution < 1.29 is 14.6 Å². The zero-order valence-electron chi connectivity index (χ0n) is 10.9. The molecule has 1 aromatic carbocycles. The molecule has 4 heteroatoms. The van der Waals surface area contributed by atoms with Crippen LogP contribution in [0.25, 0.3) is 0 Å². The minimum atomic E-state index is -0.349. The molecule has 0 aliphatic heterocycles. The molecule has 0 heterocycles. The predicted octanol–water partition coefficient (Wildman–Crippen LogP) is 1.74. The average Bonchev–Trinajstić information content (AvgIpc) is 2.34. The van der Waals surface area contributed by atoms with Crippen molar-refractivity contribution in [3.8, 4) is 11.5 Å². The van der Waals surface area contributed by atoms with Gasteiger partial charge in [0.05, 0.1) is 20.3 Å². The molecular formula is C13H21NO3. The van der Waals surface area contributed by atoms with Crippen molar-refractivity contribution in [2.24, 2.45) is 0 Å². The second kappa shape index (κ2) is 6.47. The van der Waals surface area contributed by atoms with Gasteiger partial charge in [0.15, 0.2) is 11.5 Å². The molecule has 0 aliphatic carbocycles. The summed E-state index contributed by atoms with van der Waals surface area (Å²) in [5, 5.41) is 12.5. The summed E-state index contributed by atoms with van der Waals surface area (Å²) in [6.45, 7) is 4.37. The van der Waals surface area contributed by atoms with Gasteiger partial charge in [-0.1, -0.05) is 6.07 Å². The van der Waals surface area contributed by atoms with Crippen molar-refractivity contribution in [3.63, 3.8) is 0 Å². The van der Waals surface area contributed by atoms with E-state index in [1.54, 1.807) is 21.1 Å². The molecule has 0 amide bonds. The van der Waals surface area contributed by atoms with Crippen molar-refractivity contribution in [2.75, 3.05) is 20.8 Å². The number of benzene rings is 1. The van der Waals surface area contributed by atoms with Crippen molar-refractivity contribution >= 4 is 0 Å². The van der Waals surface area contributed by atoms with E-state index < -0.39 is 0 Å². The number of hydrogen-bond acceptors (Lipinski definition) is 4. The van der Waals surface area contributed by atoms with Crippen molar-refractivity contribution in [1.29, 1.82) is 0 Å². The van der Waals surface area contributed by atoms with E-state index in [2.05, 4.69) is 5.32 Å². The van der Waals surface area contributed by atoms with Crippen molar-refractivity contribution in [3.05, 3.63) is 23.8 Å². The van der Waals surface area contributed by atoms with Crippen LogP contribution in [0.3, 0.4) is 0 Å². The van der Waals surface area contributed by atoms with Crippen molar-refractivity contribution in [2.45, 2.75) is 26.0 Å². The number of hydrogen-bond donors (Lipinski definition) is 2. The molecule has 17 heavy (non-hydrogen) atoms. The van der Waals surface area contributed by atoms with Crippen LogP contribution in [0.4, 0.5) is 0 Å². The second-order valence-electron chi connectivity index (χ2n) is 4.09. The van der Waals surface area contributed by atoms with E-state index >= 15 is 0 Å². The van der Waals surface area contributed by atoms with Gasteiger partial charge in [-0.2, -0.15) is 0 Å². The quantitative estimate of drug-likeness (QED) is 0.794. The first kappa shape index (κ1) is 13.8. The lowest BCUT2D eigenvalue weighted by Crippen LogP contribution is -2.27. The average molecular weight is 239 g/mol. The van der Waals surface area contributed by atoms with Gasteiger partial charge in [-0.25, -0.2) is 0 Å². The SMILES string of the molecule is COc1ccc(C(C)NC[C@H](C)O)cc1OC. The summed E-state index contributed by atoms with van der Waals surface area (Å²) in [6.07, 6.45) is -0.349. The first-order chi connectivity index (χ1) is 8.08. The van der Waals surface area contributed by atoms with Crippen LogP contribution in [0.1, 0.15) is 25.5 Å². The third-order valence-corrected chi connectivity index (χ3v) is 2.63. The highest BCUT2D eigenvalue weighted by atomic mass is 16.5. The molecule has 96 valence electrons. The number of nitrogens with one attached hydrogen (secondary N) is 1.